The van der Waals surface area contributed by atoms with Gasteiger partial charge in [0.15, 0.2) is 0 Å². The van der Waals surface area contributed by atoms with Crippen LogP contribution in [0.4, 0.5) is 73.2 Å². The molecule has 0 saturated heterocycles. The van der Waals surface area contributed by atoms with Crippen molar-refractivity contribution in [2.75, 3.05) is 24.5 Å². The highest BCUT2D eigenvalue weighted by Crippen LogP contribution is 2.64. The molecular weight excluding hydrogens is 1080 g/mol. The summed E-state index contributed by atoms with van der Waals surface area (Å²) < 4.78 is 9.21. The summed E-state index contributed by atoms with van der Waals surface area (Å²) in [5.41, 5.74) is 24.7. The lowest BCUT2D eigenvalue weighted by atomic mass is 9.30. The van der Waals surface area contributed by atoms with Crippen LogP contribution >= 0.6 is 11.3 Å². The van der Waals surface area contributed by atoms with E-state index in [-0.39, 0.29) is 35.3 Å². The minimum absolute atomic E-state index is 0.0134. The van der Waals surface area contributed by atoms with Gasteiger partial charge >= 0.3 is 0 Å². The standard InChI is InChI=1S/C78H65B2N5OS/c1-75-40-22-24-42-77(75,3)84(61-36-18-15-33-56(61)75)53-44-65-72-66(45-53)82(51-28-10-6-11-29-51)64-49-68-60(48-59(64)79(72)58-35-17-20-38-63(58)81(65)50-26-8-5-9-27-50)80-71-55-32-14-21-39-70(55)87-74(71)83(52-30-12-7-13-31-52)67-46-54(47-69(86-68)73(67)80)85-62-37-19-16-34-57(62)76(2)41-23-25-43-78(76,85)4/h5-21,26-39,44-49H,22-25,40-43H2,1-4H3. The Balaban J connectivity index is 0.898. The van der Waals surface area contributed by atoms with Gasteiger partial charge in [-0.15, -0.1) is 11.3 Å². The second kappa shape index (κ2) is 17.9. The van der Waals surface area contributed by atoms with Crippen LogP contribution in [0.2, 0.25) is 0 Å². The molecule has 6 nitrogen and oxygen atoms in total. The van der Waals surface area contributed by atoms with Gasteiger partial charge in [0.1, 0.15) is 11.5 Å². The van der Waals surface area contributed by atoms with Crippen molar-refractivity contribution in [1.29, 1.82) is 0 Å². The molecule has 19 rings (SSSR count). The largest absolute Gasteiger partial charge is 0.458 e. The van der Waals surface area contributed by atoms with Crippen molar-refractivity contribution in [3.63, 3.8) is 0 Å². The second-order valence-corrected chi connectivity index (χ2v) is 27.9. The van der Waals surface area contributed by atoms with E-state index in [0.29, 0.717) is 0 Å². The fourth-order valence-corrected chi connectivity index (χ4v) is 19.9. The maximum Gasteiger partial charge on any atom is 0.258 e. The van der Waals surface area contributed by atoms with Gasteiger partial charge in [0, 0.05) is 95.9 Å². The first-order valence-corrected chi connectivity index (χ1v) is 32.6. The first-order valence-electron chi connectivity index (χ1n) is 31.8. The van der Waals surface area contributed by atoms with E-state index < -0.39 is 0 Å². The molecule has 0 bridgehead atoms. The summed E-state index contributed by atoms with van der Waals surface area (Å²) >= 11 is 1.92. The minimum Gasteiger partial charge on any atom is -0.458 e. The van der Waals surface area contributed by atoms with Crippen LogP contribution in [0.1, 0.15) is 90.2 Å². The number of hydrogen-bond donors (Lipinski definition) is 0. The third-order valence-corrected chi connectivity index (χ3v) is 24.1. The number of para-hydroxylation sites is 6. The van der Waals surface area contributed by atoms with E-state index in [1.54, 1.807) is 0 Å². The van der Waals surface area contributed by atoms with Crippen molar-refractivity contribution in [3.8, 4) is 11.5 Å². The van der Waals surface area contributed by atoms with Crippen LogP contribution in [0.15, 0.2) is 224 Å². The minimum atomic E-state index is -0.146. The number of rotatable bonds is 5. The summed E-state index contributed by atoms with van der Waals surface area (Å²) in [7, 11) is 0. The van der Waals surface area contributed by atoms with E-state index in [4.69, 9.17) is 4.74 Å². The predicted octanol–water partition coefficient (Wildman–Crippen LogP) is 16.9. The Kier molecular flexibility index (Phi) is 10.3. The third kappa shape index (κ3) is 6.48. The zero-order chi connectivity index (χ0) is 57.7. The Morgan fingerprint density at radius 2 is 0.839 bits per heavy atom. The number of benzene rings is 10. The Morgan fingerprint density at radius 3 is 1.45 bits per heavy atom. The molecule has 4 atom stereocenters. The molecule has 8 aliphatic rings. The number of ether oxygens (including phenoxy) is 1. The van der Waals surface area contributed by atoms with Crippen LogP contribution in [-0.2, 0) is 10.8 Å². The average molecular weight is 1140 g/mol. The summed E-state index contributed by atoms with van der Waals surface area (Å²) in [5, 5.41) is 2.57. The average Bonchev–Trinajstić information content (AvgIpc) is 1.70. The number of thiophene rings is 1. The van der Waals surface area contributed by atoms with Gasteiger partial charge in [-0.3, -0.25) is 0 Å². The lowest BCUT2D eigenvalue weighted by molar-refractivity contribution is 0.195. The Bertz CT molecular complexity index is 4720. The number of fused-ring (bicyclic) bond motifs is 16. The van der Waals surface area contributed by atoms with E-state index in [1.807, 2.05) is 11.3 Å². The molecule has 4 unspecified atom stereocenters. The monoisotopic (exact) mass is 1140 g/mol. The van der Waals surface area contributed by atoms with Crippen molar-refractivity contribution in [2.24, 2.45) is 0 Å². The zero-order valence-electron chi connectivity index (χ0n) is 49.7. The first kappa shape index (κ1) is 50.3. The normalized spacial score (nSPS) is 22.9. The van der Waals surface area contributed by atoms with Gasteiger partial charge in [-0.2, -0.15) is 0 Å². The second-order valence-electron chi connectivity index (χ2n) is 26.9. The highest BCUT2D eigenvalue weighted by atomic mass is 32.1. The molecule has 1 aromatic heterocycles. The molecule has 0 radical (unpaired) electrons. The Morgan fingerprint density at radius 1 is 0.356 bits per heavy atom. The summed E-state index contributed by atoms with van der Waals surface area (Å²) in [6.07, 6.45) is 9.45. The third-order valence-electron chi connectivity index (χ3n) is 22.9. The maximum atomic E-state index is 7.92. The predicted molar refractivity (Wildman–Crippen MR) is 367 cm³/mol. The molecule has 0 spiro atoms. The number of hydrogen-bond acceptors (Lipinski definition) is 7. The molecule has 6 aliphatic heterocycles. The van der Waals surface area contributed by atoms with E-state index >= 15 is 0 Å². The number of nitrogens with zero attached hydrogens (tertiary/aromatic N) is 5. The molecule has 9 heteroatoms. The maximum absolute atomic E-state index is 7.92. The highest BCUT2D eigenvalue weighted by molar-refractivity contribution is 7.26. The van der Waals surface area contributed by atoms with Gasteiger partial charge in [0.05, 0.1) is 16.1 Å². The molecule has 0 N–H and O–H groups in total. The fourth-order valence-electron chi connectivity index (χ4n) is 18.6. The Hall–Kier alpha value is -8.91. The van der Waals surface area contributed by atoms with Gasteiger partial charge in [-0.05, 0) is 168 Å². The van der Waals surface area contributed by atoms with Crippen molar-refractivity contribution >= 4 is 141 Å². The van der Waals surface area contributed by atoms with Crippen molar-refractivity contribution in [3.05, 3.63) is 236 Å². The van der Waals surface area contributed by atoms with E-state index in [0.717, 1.165) is 53.5 Å². The van der Waals surface area contributed by atoms with Crippen molar-refractivity contribution in [2.45, 2.75) is 101 Å². The molecule has 2 fully saturated rings. The highest BCUT2D eigenvalue weighted by Gasteiger charge is 2.60. The summed E-state index contributed by atoms with van der Waals surface area (Å²) in [6, 6.07) is 85.7. The van der Waals surface area contributed by atoms with E-state index in [9.17, 15) is 0 Å². The molecule has 2 aliphatic carbocycles. The lowest BCUT2D eigenvalue weighted by Gasteiger charge is -2.51. The summed E-state index contributed by atoms with van der Waals surface area (Å²) in [6.45, 7) is 9.99. The van der Waals surface area contributed by atoms with Crippen LogP contribution in [0.3, 0.4) is 0 Å². The van der Waals surface area contributed by atoms with Crippen LogP contribution < -0.4 is 62.0 Å². The Labute approximate surface area is 515 Å². The van der Waals surface area contributed by atoms with Crippen LogP contribution in [-0.4, -0.2) is 24.5 Å². The molecule has 2 saturated carbocycles. The molecule has 7 heterocycles. The van der Waals surface area contributed by atoms with Crippen molar-refractivity contribution in [1.82, 2.24) is 0 Å². The van der Waals surface area contributed by atoms with Crippen LogP contribution in [0.25, 0.3) is 10.1 Å². The van der Waals surface area contributed by atoms with Gasteiger partial charge < -0.3 is 29.2 Å². The summed E-state index contributed by atoms with van der Waals surface area (Å²) in [5.74, 6) is 1.84. The smallest absolute Gasteiger partial charge is 0.258 e. The topological polar surface area (TPSA) is 25.4 Å². The fraction of sp³-hybridized carbons (Fsp3) is 0.205. The van der Waals surface area contributed by atoms with E-state index in [1.165, 1.54) is 137 Å². The van der Waals surface area contributed by atoms with Gasteiger partial charge in [-0.1, -0.05) is 173 Å². The van der Waals surface area contributed by atoms with Crippen LogP contribution in [0, 0.1) is 0 Å². The first-order chi connectivity index (χ1) is 42.6. The van der Waals surface area contributed by atoms with Gasteiger partial charge in [-0.25, -0.2) is 0 Å². The molecule has 87 heavy (non-hydrogen) atoms. The van der Waals surface area contributed by atoms with Crippen LogP contribution in [0.5, 0.6) is 11.5 Å². The molecule has 11 aromatic rings. The van der Waals surface area contributed by atoms with Gasteiger partial charge in [0.25, 0.3) is 13.4 Å². The van der Waals surface area contributed by atoms with Crippen molar-refractivity contribution < 1.29 is 4.74 Å². The molecular formula is C78H65B2N5OS. The SMILES string of the molecule is CC12CCCCC1(C)N(c1cc3c4c(c1)N(c1ccccc1)c1sc5ccccc5c1B4c1cc4c(cc1O3)N(c1ccccc1)c1cc(N3c5ccccc5C5(C)CCCCC35C)cc3c1B4c1ccccc1N3c1ccccc1)c1ccccc12. The quantitative estimate of drug-likeness (QED) is 0.159. The molecule has 420 valence electrons. The summed E-state index contributed by atoms with van der Waals surface area (Å²) in [4.78, 5) is 13.3. The van der Waals surface area contributed by atoms with Gasteiger partial charge in [0.2, 0.25) is 0 Å². The zero-order valence-corrected chi connectivity index (χ0v) is 50.5. The molecule has 10 aromatic carbocycles. The lowest BCUT2D eigenvalue weighted by Crippen LogP contribution is -2.64. The molecule has 0 amide bonds. The van der Waals surface area contributed by atoms with E-state index in [2.05, 4.69) is 277 Å². The number of anilines is 13.